The molecule has 10 N–H and O–H groups in total. The topological polar surface area (TPSA) is 332 Å². The number of carboxylic acids is 1. The van der Waals surface area contributed by atoms with Crippen LogP contribution in [-0.2, 0) is 59.2 Å². The highest BCUT2D eigenvalue weighted by Gasteiger charge is 2.48. The van der Waals surface area contributed by atoms with Crippen molar-refractivity contribution in [1.29, 1.82) is 0 Å². The molecule has 0 aliphatic carbocycles. The van der Waals surface area contributed by atoms with Crippen LogP contribution >= 0.6 is 0 Å². The van der Waals surface area contributed by atoms with E-state index in [2.05, 4.69) is 21.3 Å². The molecule has 1 aromatic carbocycles. The van der Waals surface area contributed by atoms with E-state index in [1.165, 1.54) is 32.2 Å². The molecule has 1 aromatic rings. The molecule has 58 heavy (non-hydrogen) atoms. The highest BCUT2D eigenvalue weighted by Crippen LogP contribution is 2.31. The molecule has 6 amide bonds. The van der Waals surface area contributed by atoms with Gasteiger partial charge in [-0.25, -0.2) is 4.79 Å². The van der Waals surface area contributed by atoms with Crippen LogP contribution in [0, 0.1) is 0 Å². The first-order valence-electron chi connectivity index (χ1n) is 18.3. The molecule has 2 heterocycles. The number of aliphatic hydroxyl groups excluding tert-OH is 3. The van der Waals surface area contributed by atoms with Gasteiger partial charge in [-0.1, -0.05) is 6.07 Å². The minimum absolute atomic E-state index is 0.0664. The number of esters is 1. The van der Waals surface area contributed by atoms with E-state index in [4.69, 9.17) is 24.7 Å². The van der Waals surface area contributed by atoms with Crippen LogP contribution in [0.4, 0.5) is 5.69 Å². The number of unbranched alkanes of at least 4 members (excludes halogenated alkanes) is 1. The Bertz CT molecular complexity index is 1670. The molecule has 22 nitrogen and oxygen atoms in total. The Morgan fingerprint density at radius 2 is 1.62 bits per heavy atom. The number of ether oxygens (including phenoxy) is 4. The number of anilines is 1. The first-order valence-corrected chi connectivity index (χ1v) is 18.3. The van der Waals surface area contributed by atoms with Gasteiger partial charge < -0.3 is 66.4 Å². The molecule has 0 bridgehead atoms. The van der Waals surface area contributed by atoms with E-state index in [0.29, 0.717) is 18.4 Å². The van der Waals surface area contributed by atoms with Crippen molar-refractivity contribution in [2.75, 3.05) is 38.7 Å². The number of carboxylic acid groups (broad SMARTS) is 1. The number of imide groups is 1. The van der Waals surface area contributed by atoms with Crippen molar-refractivity contribution < 1.29 is 77.7 Å². The number of benzene rings is 1. The van der Waals surface area contributed by atoms with Crippen LogP contribution in [-0.4, -0.2) is 149 Å². The first kappa shape index (κ1) is 46.9. The lowest BCUT2D eigenvalue weighted by Gasteiger charge is -2.38. The molecule has 0 saturated carbocycles. The van der Waals surface area contributed by atoms with Crippen LogP contribution in [0.25, 0.3) is 0 Å². The number of aliphatic hydroxyl groups is 3. The lowest BCUT2D eigenvalue weighted by atomic mass is 9.99. The second-order valence-corrected chi connectivity index (χ2v) is 13.2. The van der Waals surface area contributed by atoms with Gasteiger partial charge in [0.15, 0.2) is 6.10 Å². The Kier molecular flexibility index (Phi) is 18.6. The number of aliphatic carboxylic acids is 1. The zero-order valence-electron chi connectivity index (χ0n) is 31.9. The zero-order chi connectivity index (χ0) is 42.9. The predicted molar refractivity (Wildman–Crippen MR) is 197 cm³/mol. The molecule has 0 radical (unpaired) electrons. The summed E-state index contributed by atoms with van der Waals surface area (Å²) in [6, 6.07) is 1.96. The minimum atomic E-state index is -1.98. The molecule has 2 aliphatic heterocycles. The molecule has 3 rings (SSSR count). The summed E-state index contributed by atoms with van der Waals surface area (Å²) in [5.74, 6) is -5.95. The fraction of sp³-hybridized carbons (Fsp3) is 0.556. The van der Waals surface area contributed by atoms with Gasteiger partial charge in [-0.2, -0.15) is 0 Å². The molecular formula is C36H50N6O16. The van der Waals surface area contributed by atoms with Gasteiger partial charge in [-0.15, -0.1) is 0 Å². The van der Waals surface area contributed by atoms with Crippen molar-refractivity contribution in [2.45, 2.75) is 94.8 Å². The van der Waals surface area contributed by atoms with Crippen LogP contribution < -0.4 is 31.7 Å². The second-order valence-electron chi connectivity index (χ2n) is 13.2. The van der Waals surface area contributed by atoms with Gasteiger partial charge in [0.25, 0.3) is 11.8 Å². The molecule has 1 saturated heterocycles. The Morgan fingerprint density at radius 1 is 0.914 bits per heavy atom. The number of amides is 6. The fourth-order valence-corrected chi connectivity index (χ4v) is 5.73. The lowest BCUT2D eigenvalue weighted by Crippen LogP contribution is -2.61. The maximum Gasteiger partial charge on any atom is 0.335 e. The molecular weight excluding hydrogens is 772 g/mol. The van der Waals surface area contributed by atoms with Crippen LogP contribution in [0.15, 0.2) is 30.4 Å². The summed E-state index contributed by atoms with van der Waals surface area (Å²) < 4.78 is 20.7. The van der Waals surface area contributed by atoms with Crippen molar-refractivity contribution in [3.05, 3.63) is 35.9 Å². The minimum Gasteiger partial charge on any atom is -0.479 e. The van der Waals surface area contributed by atoms with E-state index in [0.717, 1.165) is 17.1 Å². The normalized spacial score (nSPS) is 21.1. The number of methoxy groups -OCH3 is 1. The third-order valence-corrected chi connectivity index (χ3v) is 8.80. The molecule has 7 atom stereocenters. The summed E-state index contributed by atoms with van der Waals surface area (Å²) >= 11 is 0. The third-order valence-electron chi connectivity index (χ3n) is 8.80. The summed E-state index contributed by atoms with van der Waals surface area (Å²) in [6.07, 6.45) is -7.20. The number of carbonyl (C=O) groups is 8. The van der Waals surface area contributed by atoms with Gasteiger partial charge in [0.1, 0.15) is 36.7 Å². The maximum atomic E-state index is 13.4. The quantitative estimate of drug-likeness (QED) is 0.0300. The smallest absolute Gasteiger partial charge is 0.335 e. The van der Waals surface area contributed by atoms with E-state index in [1.54, 1.807) is 0 Å². The number of nitrogens with one attached hydrogen (secondary N) is 4. The van der Waals surface area contributed by atoms with Crippen LogP contribution in [0.5, 0.6) is 5.75 Å². The molecule has 2 aliphatic rings. The Balaban J connectivity index is 1.67. The second kappa shape index (κ2) is 23.0. The van der Waals surface area contributed by atoms with Crippen LogP contribution in [0.3, 0.4) is 0 Å². The number of carbonyl (C=O) groups excluding carboxylic acids is 7. The highest BCUT2D eigenvalue weighted by molar-refractivity contribution is 6.13. The zero-order valence-corrected chi connectivity index (χ0v) is 31.9. The molecule has 0 aromatic heterocycles. The number of rotatable bonds is 23. The van der Waals surface area contributed by atoms with E-state index in [-0.39, 0.29) is 69.5 Å². The average molecular weight is 823 g/mol. The highest BCUT2D eigenvalue weighted by atomic mass is 16.7. The molecule has 0 spiro atoms. The van der Waals surface area contributed by atoms with Gasteiger partial charge in [0.2, 0.25) is 29.9 Å². The van der Waals surface area contributed by atoms with E-state index in [9.17, 15) is 58.8 Å². The molecule has 22 heteroatoms. The van der Waals surface area contributed by atoms with Crippen molar-refractivity contribution in [2.24, 2.45) is 5.73 Å². The van der Waals surface area contributed by atoms with Gasteiger partial charge in [0.05, 0.1) is 18.3 Å². The summed E-state index contributed by atoms with van der Waals surface area (Å²) in [5, 5.41) is 50.5. The van der Waals surface area contributed by atoms with Gasteiger partial charge in [0, 0.05) is 65.1 Å². The van der Waals surface area contributed by atoms with Crippen molar-refractivity contribution in [3.63, 3.8) is 0 Å². The number of nitrogens with two attached hydrogens (primary N) is 1. The van der Waals surface area contributed by atoms with Crippen molar-refractivity contribution in [3.8, 4) is 5.75 Å². The summed E-state index contributed by atoms with van der Waals surface area (Å²) in [6.45, 7) is 1.03. The van der Waals surface area contributed by atoms with Crippen molar-refractivity contribution >= 4 is 53.1 Å². The standard InChI is InChI=1S/C36H50N6O16/c1-19(43)56-18-20-6-7-24(57-36-32(51)30(49)31(50)33(58-36)35(53)54)23(15-20)41-26(45)10-13-39-34(52)22(5-3-4-12-38-25(44)11-14-55-2)40-27(46)16-21(17-37)42-28(47)8-9-29(42)48/h6-9,15,21-22,30-33,36,49-51H,3-5,10-14,16-18,37H2,1-2H3,(H,38,44)(H,39,52)(H,40,46)(H,41,45)(H,53,54)/t21-,22-,30-,31-,32+,33-,36+/m0/s1. The van der Waals surface area contributed by atoms with Crippen LogP contribution in [0.1, 0.15) is 51.0 Å². The van der Waals surface area contributed by atoms with E-state index in [1.807, 2.05) is 0 Å². The fourth-order valence-electron chi connectivity index (χ4n) is 5.73. The van der Waals surface area contributed by atoms with E-state index < -0.39 is 90.7 Å². The van der Waals surface area contributed by atoms with Crippen LogP contribution in [0.2, 0.25) is 0 Å². The molecule has 1 fully saturated rings. The predicted octanol–water partition coefficient (Wildman–Crippen LogP) is -3.08. The van der Waals surface area contributed by atoms with E-state index >= 15 is 0 Å². The summed E-state index contributed by atoms with van der Waals surface area (Å²) in [5.41, 5.74) is 6.06. The Hall–Kier alpha value is -5.52. The Morgan fingerprint density at radius 3 is 2.26 bits per heavy atom. The SMILES string of the molecule is COCCC(=O)NCCCC[C@H](NC(=O)C[C@@H](CN)N1C(=O)C=CC1=O)C(=O)NCCC(=O)Nc1cc(COC(C)=O)ccc1O[C@@H]1O[C@H](C(=O)O)[C@@H](O)[C@H](O)[C@H]1O. The molecule has 320 valence electrons. The van der Waals surface area contributed by atoms with Gasteiger partial charge in [-0.05, 0) is 37.0 Å². The first-order chi connectivity index (χ1) is 27.6. The summed E-state index contributed by atoms with van der Waals surface area (Å²) in [4.78, 5) is 99.6. The number of nitrogens with zero attached hydrogens (tertiary/aromatic N) is 1. The Labute approximate surface area is 332 Å². The third kappa shape index (κ3) is 14.1. The largest absolute Gasteiger partial charge is 0.479 e. The maximum absolute atomic E-state index is 13.4. The number of hydrogen-bond donors (Lipinski definition) is 9. The lowest BCUT2D eigenvalue weighted by molar-refractivity contribution is -0.271. The van der Waals surface area contributed by atoms with Gasteiger partial charge in [-0.3, -0.25) is 38.5 Å². The average Bonchev–Trinajstić information content (AvgIpc) is 3.51. The molecule has 0 unspecified atom stereocenters. The number of hydrogen-bond acceptors (Lipinski definition) is 16. The summed E-state index contributed by atoms with van der Waals surface area (Å²) in [7, 11) is 1.47. The van der Waals surface area contributed by atoms with Gasteiger partial charge >= 0.3 is 11.9 Å². The monoisotopic (exact) mass is 822 g/mol. The van der Waals surface area contributed by atoms with Crippen molar-refractivity contribution in [1.82, 2.24) is 20.9 Å².